The summed E-state index contributed by atoms with van der Waals surface area (Å²) in [6, 6.07) is 6.84. The molecule has 1 heterocycles. The molecule has 24 heavy (non-hydrogen) atoms. The summed E-state index contributed by atoms with van der Waals surface area (Å²) in [6.07, 6.45) is 0. The van der Waals surface area contributed by atoms with E-state index in [1.165, 1.54) is 11.8 Å². The molecule has 0 saturated carbocycles. The Hall–Kier alpha value is -1.38. The van der Waals surface area contributed by atoms with E-state index >= 15 is 0 Å². The lowest BCUT2D eigenvalue weighted by Crippen LogP contribution is -2.10. The summed E-state index contributed by atoms with van der Waals surface area (Å²) in [5.41, 5.74) is 0.620. The molecule has 0 unspecified atom stereocenters. The van der Waals surface area contributed by atoms with Crippen LogP contribution in [0.1, 0.15) is 24.2 Å². The maximum Gasteiger partial charge on any atom is 0.228 e. The molecule has 0 aliphatic carbocycles. The van der Waals surface area contributed by atoms with Gasteiger partial charge in [0.25, 0.3) is 0 Å². The Morgan fingerprint density at radius 1 is 1.04 bits per heavy atom. The number of ketones is 1. The fourth-order valence-electron chi connectivity index (χ4n) is 1.74. The highest BCUT2D eigenvalue weighted by Crippen LogP contribution is 2.19. The maximum atomic E-state index is 12.2. The van der Waals surface area contributed by atoms with Crippen molar-refractivity contribution in [3.05, 3.63) is 34.9 Å². The Labute approximate surface area is 161 Å². The van der Waals surface area contributed by atoms with Gasteiger partial charge in [-0.2, -0.15) is 15.0 Å². The molecule has 2 N–H and O–H groups in total. The highest BCUT2D eigenvalue weighted by Gasteiger charge is 2.10. The minimum absolute atomic E-state index is 0. The van der Waals surface area contributed by atoms with Crippen LogP contribution in [-0.2, 0) is 0 Å². The van der Waals surface area contributed by atoms with Crippen LogP contribution in [0, 0.1) is 0 Å². The Morgan fingerprint density at radius 2 is 1.58 bits per heavy atom. The van der Waals surface area contributed by atoms with Crippen LogP contribution in [0.15, 0.2) is 29.4 Å². The van der Waals surface area contributed by atoms with Crippen LogP contribution in [0.25, 0.3) is 0 Å². The molecule has 130 valence electrons. The Balaban J connectivity index is 0.00000288. The second-order valence-corrected chi connectivity index (χ2v) is 5.92. The van der Waals surface area contributed by atoms with Gasteiger partial charge in [0.05, 0.1) is 5.75 Å². The Morgan fingerprint density at radius 3 is 2.08 bits per heavy atom. The summed E-state index contributed by atoms with van der Waals surface area (Å²) in [6.45, 7) is 5.36. The van der Waals surface area contributed by atoms with E-state index in [0.29, 0.717) is 40.7 Å². The molecule has 0 bridgehead atoms. The standard InChI is InChI=1S/C15H18ClN5OS.BrH/c1-3-17-13-19-14(18-4-2)21-15(20-13)23-9-12(22)10-5-7-11(16)8-6-10;/h5-8H,3-4,9H2,1-2H3,(H2,17,18,19,20,21);1H. The Bertz CT molecular complexity index is 647. The highest BCUT2D eigenvalue weighted by molar-refractivity contribution is 8.93. The number of carbonyl (C=O) groups excluding carboxylic acids is 1. The molecule has 0 fully saturated rings. The molecular weight excluding hydrogens is 414 g/mol. The Kier molecular flexibility index (Phi) is 9.02. The van der Waals surface area contributed by atoms with Crippen LogP contribution < -0.4 is 10.6 Å². The third-order valence-electron chi connectivity index (χ3n) is 2.78. The molecule has 0 saturated heterocycles. The largest absolute Gasteiger partial charge is 0.354 e. The number of hydrogen-bond donors (Lipinski definition) is 2. The van der Waals surface area contributed by atoms with Gasteiger partial charge in [-0.1, -0.05) is 23.4 Å². The van der Waals surface area contributed by atoms with E-state index in [0.717, 1.165) is 0 Å². The smallest absolute Gasteiger partial charge is 0.228 e. The van der Waals surface area contributed by atoms with E-state index in [-0.39, 0.29) is 28.5 Å². The minimum Gasteiger partial charge on any atom is -0.354 e. The zero-order chi connectivity index (χ0) is 16.7. The number of nitrogens with one attached hydrogen (secondary N) is 2. The number of benzene rings is 1. The third kappa shape index (κ3) is 6.26. The molecule has 1 aromatic heterocycles. The van der Waals surface area contributed by atoms with Crippen LogP contribution in [0.2, 0.25) is 5.02 Å². The van der Waals surface area contributed by atoms with Crippen LogP contribution in [0.5, 0.6) is 0 Å². The number of aromatic nitrogens is 3. The van der Waals surface area contributed by atoms with E-state index < -0.39 is 0 Å². The average Bonchev–Trinajstić information content (AvgIpc) is 2.54. The highest BCUT2D eigenvalue weighted by atomic mass is 79.9. The summed E-state index contributed by atoms with van der Waals surface area (Å²) >= 11 is 7.11. The normalized spacial score (nSPS) is 9.96. The van der Waals surface area contributed by atoms with Crippen molar-refractivity contribution in [1.82, 2.24) is 15.0 Å². The van der Waals surface area contributed by atoms with Crippen molar-refractivity contribution in [2.45, 2.75) is 19.0 Å². The lowest BCUT2D eigenvalue weighted by molar-refractivity contribution is 0.102. The van der Waals surface area contributed by atoms with Crippen molar-refractivity contribution in [2.24, 2.45) is 0 Å². The molecule has 1 aromatic carbocycles. The van der Waals surface area contributed by atoms with Gasteiger partial charge in [0, 0.05) is 23.7 Å². The van der Waals surface area contributed by atoms with Gasteiger partial charge in [-0.05, 0) is 38.1 Å². The van der Waals surface area contributed by atoms with Crippen molar-refractivity contribution >= 4 is 58.0 Å². The lowest BCUT2D eigenvalue weighted by atomic mass is 10.1. The molecule has 0 spiro atoms. The number of carbonyl (C=O) groups is 1. The van der Waals surface area contributed by atoms with Crippen LogP contribution in [-0.4, -0.2) is 39.6 Å². The molecule has 0 aliphatic rings. The summed E-state index contributed by atoms with van der Waals surface area (Å²) < 4.78 is 0. The molecule has 2 rings (SSSR count). The molecule has 0 atom stereocenters. The SMILES string of the molecule is Br.CCNc1nc(NCC)nc(SCC(=O)c2ccc(Cl)cc2)n1. The number of Topliss-reactive ketones (excluding diaryl/α,β-unsaturated/α-hetero) is 1. The van der Waals surface area contributed by atoms with E-state index in [1.807, 2.05) is 13.8 Å². The number of nitrogens with zero attached hydrogens (tertiary/aromatic N) is 3. The number of anilines is 2. The monoisotopic (exact) mass is 431 g/mol. The quantitative estimate of drug-likeness (QED) is 0.483. The predicted octanol–water partition coefficient (Wildman–Crippen LogP) is 3.94. The van der Waals surface area contributed by atoms with Gasteiger partial charge < -0.3 is 10.6 Å². The van der Waals surface area contributed by atoms with Gasteiger partial charge in [-0.15, -0.1) is 17.0 Å². The minimum atomic E-state index is 0. The maximum absolute atomic E-state index is 12.2. The predicted molar refractivity (Wildman–Crippen MR) is 105 cm³/mol. The molecule has 0 amide bonds. The molecule has 6 nitrogen and oxygen atoms in total. The van der Waals surface area contributed by atoms with Crippen molar-refractivity contribution in [2.75, 3.05) is 29.5 Å². The van der Waals surface area contributed by atoms with Crippen LogP contribution >= 0.6 is 40.3 Å². The average molecular weight is 433 g/mol. The van der Waals surface area contributed by atoms with Gasteiger partial charge in [-0.3, -0.25) is 4.79 Å². The molecule has 2 aromatic rings. The number of thioether (sulfide) groups is 1. The summed E-state index contributed by atoms with van der Waals surface area (Å²) in [4.78, 5) is 25.0. The van der Waals surface area contributed by atoms with Gasteiger partial charge in [-0.25, -0.2) is 0 Å². The van der Waals surface area contributed by atoms with Gasteiger partial charge in [0.1, 0.15) is 0 Å². The van der Waals surface area contributed by atoms with Crippen molar-refractivity contribution < 1.29 is 4.79 Å². The summed E-state index contributed by atoms with van der Waals surface area (Å²) in [5, 5.41) is 7.23. The summed E-state index contributed by atoms with van der Waals surface area (Å²) in [7, 11) is 0. The van der Waals surface area contributed by atoms with Crippen LogP contribution in [0.3, 0.4) is 0 Å². The second kappa shape index (κ2) is 10.5. The van der Waals surface area contributed by atoms with Gasteiger partial charge >= 0.3 is 0 Å². The molecule has 9 heteroatoms. The lowest BCUT2D eigenvalue weighted by Gasteiger charge is -2.08. The zero-order valence-electron chi connectivity index (χ0n) is 13.4. The first kappa shape index (κ1) is 20.7. The van der Waals surface area contributed by atoms with Crippen LogP contribution in [0.4, 0.5) is 11.9 Å². The van der Waals surface area contributed by atoms with E-state index in [2.05, 4.69) is 25.6 Å². The number of halogens is 2. The second-order valence-electron chi connectivity index (χ2n) is 4.54. The van der Waals surface area contributed by atoms with Gasteiger partial charge in [0.2, 0.25) is 11.9 Å². The number of hydrogen-bond acceptors (Lipinski definition) is 7. The molecule has 0 aliphatic heterocycles. The third-order valence-corrected chi connectivity index (χ3v) is 3.88. The van der Waals surface area contributed by atoms with Crippen molar-refractivity contribution in [3.8, 4) is 0 Å². The first-order chi connectivity index (χ1) is 11.1. The van der Waals surface area contributed by atoms with E-state index in [4.69, 9.17) is 11.6 Å². The fourth-order valence-corrected chi connectivity index (χ4v) is 2.60. The molecular formula is C15H19BrClN5OS. The molecule has 0 radical (unpaired) electrons. The topological polar surface area (TPSA) is 79.8 Å². The van der Waals surface area contributed by atoms with E-state index in [9.17, 15) is 4.79 Å². The van der Waals surface area contributed by atoms with Crippen molar-refractivity contribution in [3.63, 3.8) is 0 Å². The number of rotatable bonds is 8. The first-order valence-electron chi connectivity index (χ1n) is 7.27. The van der Waals surface area contributed by atoms with E-state index in [1.54, 1.807) is 24.3 Å². The first-order valence-corrected chi connectivity index (χ1v) is 8.64. The fraction of sp³-hybridized carbons (Fsp3) is 0.333. The van der Waals surface area contributed by atoms with Crippen molar-refractivity contribution in [1.29, 1.82) is 0 Å². The zero-order valence-corrected chi connectivity index (χ0v) is 16.7. The summed E-state index contributed by atoms with van der Waals surface area (Å²) in [5.74, 6) is 1.25. The van der Waals surface area contributed by atoms with Gasteiger partial charge in [0.15, 0.2) is 10.9 Å².